The minimum atomic E-state index is -0.503. The lowest BCUT2D eigenvalue weighted by atomic mass is 9.84. The van der Waals surface area contributed by atoms with E-state index in [9.17, 15) is 9.18 Å². The van der Waals surface area contributed by atoms with Crippen LogP contribution in [0.1, 0.15) is 38.1 Å². The molecule has 0 aliphatic carbocycles. The van der Waals surface area contributed by atoms with Crippen molar-refractivity contribution in [3.63, 3.8) is 0 Å². The number of halogens is 1. The zero-order valence-corrected chi connectivity index (χ0v) is 16.0. The number of Topliss-reactive ketones (excluding diaryl/α,β-unsaturated/α-hetero) is 1. The van der Waals surface area contributed by atoms with Crippen molar-refractivity contribution in [1.29, 1.82) is 0 Å². The smallest absolute Gasteiger partial charge is 0.282 e. The van der Waals surface area contributed by atoms with E-state index in [0.717, 1.165) is 13.1 Å². The number of rotatable bonds is 7. The van der Waals surface area contributed by atoms with E-state index in [1.807, 2.05) is 11.8 Å². The highest BCUT2D eigenvalue weighted by atomic mass is 19.1. The van der Waals surface area contributed by atoms with Gasteiger partial charge in [0, 0.05) is 13.1 Å². The highest BCUT2D eigenvalue weighted by Gasteiger charge is 2.37. The van der Waals surface area contributed by atoms with E-state index < -0.39 is 11.9 Å². The van der Waals surface area contributed by atoms with Crippen LogP contribution in [0.25, 0.3) is 0 Å². The molecule has 1 aliphatic rings. The second-order valence-corrected chi connectivity index (χ2v) is 7.50. The van der Waals surface area contributed by atoms with E-state index in [0.29, 0.717) is 12.4 Å². The molecule has 1 aliphatic heterocycles. The third-order valence-corrected chi connectivity index (χ3v) is 4.43. The Hall–Kier alpha value is -2.61. The second kappa shape index (κ2) is 7.56. The molecule has 0 spiro atoms. The largest absolute Gasteiger partial charge is 0.434 e. The number of ether oxygens (including phenoxy) is 1. The van der Waals surface area contributed by atoms with Crippen molar-refractivity contribution in [2.75, 3.05) is 24.5 Å². The fourth-order valence-electron chi connectivity index (χ4n) is 3.20. The van der Waals surface area contributed by atoms with E-state index in [1.165, 1.54) is 24.5 Å². The summed E-state index contributed by atoms with van der Waals surface area (Å²) in [6.07, 6.45) is 1.36. The first-order valence-electron chi connectivity index (χ1n) is 8.98. The number of nitrogens with zero attached hydrogens (tertiary/aromatic N) is 4. The van der Waals surface area contributed by atoms with Crippen molar-refractivity contribution in [1.82, 2.24) is 20.5 Å². The van der Waals surface area contributed by atoms with E-state index in [2.05, 4.69) is 34.3 Å². The number of carbonyl (C=O) groups excluding carboxylic acids is 1. The molecule has 1 saturated heterocycles. The molecule has 144 valence electrons. The Balaban J connectivity index is 1.90. The van der Waals surface area contributed by atoms with Crippen molar-refractivity contribution in [3.8, 4) is 11.6 Å². The summed E-state index contributed by atoms with van der Waals surface area (Å²) < 4.78 is 19.7. The monoisotopic (exact) mass is 373 g/mol. The SMILES string of the molecule is CCNC(C)C(=O)c1cc(F)ccc1Oc1nncnc1N1CC(C)(C)C1. The first-order valence-corrected chi connectivity index (χ1v) is 8.98. The number of likely N-dealkylation sites (N-methyl/N-ethyl adjacent to an activating group) is 1. The van der Waals surface area contributed by atoms with Gasteiger partial charge in [0.15, 0.2) is 11.6 Å². The maximum absolute atomic E-state index is 13.8. The van der Waals surface area contributed by atoms with Crippen molar-refractivity contribution >= 4 is 11.6 Å². The lowest BCUT2D eigenvalue weighted by Crippen LogP contribution is -2.53. The lowest BCUT2D eigenvalue weighted by molar-refractivity contribution is 0.0949. The predicted octanol–water partition coefficient (Wildman–Crippen LogP) is 2.83. The van der Waals surface area contributed by atoms with Crippen LogP contribution in [0.2, 0.25) is 0 Å². The van der Waals surface area contributed by atoms with Crippen LogP contribution in [-0.4, -0.2) is 46.6 Å². The third-order valence-electron chi connectivity index (χ3n) is 4.43. The van der Waals surface area contributed by atoms with Gasteiger partial charge in [-0.15, -0.1) is 10.2 Å². The number of anilines is 1. The van der Waals surface area contributed by atoms with Crippen molar-refractivity contribution < 1.29 is 13.9 Å². The van der Waals surface area contributed by atoms with Gasteiger partial charge in [0.1, 0.15) is 17.9 Å². The van der Waals surface area contributed by atoms with Crippen LogP contribution in [0.3, 0.4) is 0 Å². The molecule has 0 bridgehead atoms. The molecule has 7 nitrogen and oxygen atoms in total. The Morgan fingerprint density at radius 1 is 1.41 bits per heavy atom. The Morgan fingerprint density at radius 3 is 2.81 bits per heavy atom. The van der Waals surface area contributed by atoms with E-state index in [-0.39, 0.29) is 28.4 Å². The van der Waals surface area contributed by atoms with E-state index in [4.69, 9.17) is 4.74 Å². The van der Waals surface area contributed by atoms with Gasteiger partial charge in [-0.2, -0.15) is 0 Å². The number of benzene rings is 1. The van der Waals surface area contributed by atoms with E-state index in [1.54, 1.807) is 6.92 Å². The highest BCUT2D eigenvalue weighted by Crippen LogP contribution is 2.37. The molecule has 0 amide bonds. The number of ketones is 1. The maximum Gasteiger partial charge on any atom is 0.282 e. The Bertz CT molecular complexity index is 835. The van der Waals surface area contributed by atoms with Gasteiger partial charge in [-0.25, -0.2) is 9.37 Å². The van der Waals surface area contributed by atoms with Crippen LogP contribution in [0, 0.1) is 11.2 Å². The summed E-state index contributed by atoms with van der Waals surface area (Å²) in [6, 6.07) is 3.40. The molecule has 1 aromatic heterocycles. The standard InChI is InChI=1S/C19H24FN5O2/c1-5-21-12(2)16(26)14-8-13(20)6-7-15(14)27-18-17(22-11-23-24-18)25-9-19(3,4)10-25/h6-8,11-12,21H,5,9-10H2,1-4H3. The van der Waals surface area contributed by atoms with Crippen LogP contribution in [0.4, 0.5) is 10.2 Å². The Labute approximate surface area is 158 Å². The molecule has 0 radical (unpaired) electrons. The molecule has 2 aromatic rings. The molecule has 8 heteroatoms. The van der Waals surface area contributed by atoms with Crippen molar-refractivity contribution in [2.45, 2.75) is 33.7 Å². The molecule has 3 rings (SSSR count). The van der Waals surface area contributed by atoms with Gasteiger partial charge in [-0.1, -0.05) is 20.8 Å². The van der Waals surface area contributed by atoms with Crippen LogP contribution in [-0.2, 0) is 0 Å². The molecule has 0 saturated carbocycles. The van der Waals surface area contributed by atoms with Crippen molar-refractivity contribution in [2.24, 2.45) is 5.41 Å². The fourth-order valence-corrected chi connectivity index (χ4v) is 3.20. The second-order valence-electron chi connectivity index (χ2n) is 7.50. The van der Waals surface area contributed by atoms with Gasteiger partial charge in [0.2, 0.25) is 0 Å². The molecule has 1 fully saturated rings. The summed E-state index contributed by atoms with van der Waals surface area (Å²) in [4.78, 5) is 19.0. The number of aromatic nitrogens is 3. The summed E-state index contributed by atoms with van der Waals surface area (Å²) in [5.74, 6) is 0.234. The molecule has 1 N–H and O–H groups in total. The minimum Gasteiger partial charge on any atom is -0.434 e. The van der Waals surface area contributed by atoms with Crippen LogP contribution >= 0.6 is 0 Å². The summed E-state index contributed by atoms with van der Waals surface area (Å²) >= 11 is 0. The van der Waals surface area contributed by atoms with Gasteiger partial charge in [0.25, 0.3) is 5.88 Å². The minimum absolute atomic E-state index is 0.156. The van der Waals surface area contributed by atoms with E-state index >= 15 is 0 Å². The van der Waals surface area contributed by atoms with Gasteiger partial charge in [-0.3, -0.25) is 4.79 Å². The highest BCUT2D eigenvalue weighted by molar-refractivity contribution is 6.02. The lowest BCUT2D eigenvalue weighted by Gasteiger charge is -2.46. The van der Waals surface area contributed by atoms with Crippen LogP contribution in [0.5, 0.6) is 11.6 Å². The molecule has 1 aromatic carbocycles. The first kappa shape index (κ1) is 19.2. The Kier molecular flexibility index (Phi) is 5.36. The molecular weight excluding hydrogens is 349 g/mol. The summed E-state index contributed by atoms with van der Waals surface area (Å²) in [5, 5.41) is 10.9. The first-order chi connectivity index (χ1) is 12.8. The van der Waals surface area contributed by atoms with Crippen molar-refractivity contribution in [3.05, 3.63) is 35.9 Å². The molecule has 1 unspecified atom stereocenters. The number of carbonyl (C=O) groups is 1. The average molecular weight is 373 g/mol. The quantitative estimate of drug-likeness (QED) is 0.748. The predicted molar refractivity (Wildman–Crippen MR) is 99.8 cm³/mol. The number of nitrogens with one attached hydrogen (secondary N) is 1. The maximum atomic E-state index is 13.8. The summed E-state index contributed by atoms with van der Waals surface area (Å²) in [5.41, 5.74) is 0.351. The van der Waals surface area contributed by atoms with Gasteiger partial charge in [0.05, 0.1) is 11.6 Å². The zero-order chi connectivity index (χ0) is 19.6. The summed E-state index contributed by atoms with van der Waals surface area (Å²) in [6.45, 7) is 10.2. The summed E-state index contributed by atoms with van der Waals surface area (Å²) in [7, 11) is 0. The molecule has 2 heterocycles. The zero-order valence-electron chi connectivity index (χ0n) is 16.0. The number of hydrogen-bond acceptors (Lipinski definition) is 7. The normalized spacial score (nSPS) is 16.6. The Morgan fingerprint density at radius 2 is 2.15 bits per heavy atom. The molecule has 1 atom stereocenters. The molecular formula is C19H24FN5O2. The fraction of sp³-hybridized carbons (Fsp3) is 0.474. The number of hydrogen-bond donors (Lipinski definition) is 1. The van der Waals surface area contributed by atoms with Gasteiger partial charge >= 0.3 is 0 Å². The van der Waals surface area contributed by atoms with Gasteiger partial charge in [-0.05, 0) is 37.1 Å². The average Bonchev–Trinajstić information content (AvgIpc) is 2.61. The topological polar surface area (TPSA) is 80.2 Å². The van der Waals surface area contributed by atoms with Crippen LogP contribution < -0.4 is 15.0 Å². The van der Waals surface area contributed by atoms with Gasteiger partial charge < -0.3 is 15.0 Å². The molecule has 27 heavy (non-hydrogen) atoms. The van der Waals surface area contributed by atoms with Crippen LogP contribution in [0.15, 0.2) is 24.5 Å². The third kappa shape index (κ3) is 4.21.